The first-order valence-electron chi connectivity index (χ1n) is 5.42. The Balaban J connectivity index is 2.52. The zero-order chi connectivity index (χ0) is 12.1. The van der Waals surface area contributed by atoms with Crippen molar-refractivity contribution in [1.29, 1.82) is 0 Å². The van der Waals surface area contributed by atoms with Gasteiger partial charge in [-0.3, -0.25) is 0 Å². The van der Waals surface area contributed by atoms with Crippen LogP contribution in [0.4, 0.5) is 16.2 Å². The fraction of sp³-hybridized carbons (Fsp3) is 0.417. The number of nitrogens with two attached hydrogens (primary N) is 1. The predicted molar refractivity (Wildman–Crippen MR) is 67.3 cm³/mol. The van der Waals surface area contributed by atoms with Gasteiger partial charge >= 0.3 is 6.03 Å². The van der Waals surface area contributed by atoms with Crippen LogP contribution in [0.25, 0.3) is 0 Å². The van der Waals surface area contributed by atoms with Crippen molar-refractivity contribution in [2.24, 2.45) is 5.92 Å². The lowest BCUT2D eigenvalue weighted by Gasteiger charge is -2.17. The maximum Gasteiger partial charge on any atom is 0.319 e. The van der Waals surface area contributed by atoms with Gasteiger partial charge in [-0.15, -0.1) is 0 Å². The summed E-state index contributed by atoms with van der Waals surface area (Å²) in [5.41, 5.74) is 6.95. The second-order valence-electron chi connectivity index (χ2n) is 4.26. The molecule has 0 aromatic heterocycles. The van der Waals surface area contributed by atoms with E-state index in [0.717, 1.165) is 0 Å². The van der Waals surface area contributed by atoms with Crippen LogP contribution in [0.2, 0.25) is 0 Å². The Bertz CT molecular complexity index is 363. The molecule has 0 heterocycles. The Kier molecular flexibility index (Phi) is 4.17. The molecule has 1 aromatic carbocycles. The fourth-order valence-corrected chi connectivity index (χ4v) is 1.16. The lowest BCUT2D eigenvalue weighted by Crippen LogP contribution is -2.38. The number of hydrogen-bond acceptors (Lipinski definition) is 2. The number of hydrogen-bond donors (Lipinski definition) is 3. The molecule has 0 aliphatic heterocycles. The van der Waals surface area contributed by atoms with Crippen molar-refractivity contribution in [1.82, 2.24) is 5.32 Å². The molecule has 0 saturated heterocycles. The van der Waals surface area contributed by atoms with Gasteiger partial charge in [-0.05, 0) is 31.0 Å². The minimum atomic E-state index is -0.202. The van der Waals surface area contributed by atoms with E-state index in [1.165, 1.54) is 0 Å². The standard InChI is InChI=1S/C12H19N3O/c1-8(2)9(3)14-12(16)15-11-6-4-5-10(13)7-11/h4-9H,13H2,1-3H3,(H2,14,15,16). The average molecular weight is 221 g/mol. The maximum atomic E-state index is 11.6. The summed E-state index contributed by atoms with van der Waals surface area (Å²) in [5, 5.41) is 5.59. The molecule has 0 bridgehead atoms. The minimum absolute atomic E-state index is 0.140. The van der Waals surface area contributed by atoms with E-state index in [1.807, 2.05) is 6.92 Å². The Hall–Kier alpha value is -1.71. The van der Waals surface area contributed by atoms with E-state index in [-0.39, 0.29) is 12.1 Å². The highest BCUT2D eigenvalue weighted by Crippen LogP contribution is 2.11. The van der Waals surface area contributed by atoms with Gasteiger partial charge in [0.1, 0.15) is 0 Å². The summed E-state index contributed by atoms with van der Waals surface area (Å²) in [6.07, 6.45) is 0. The first-order chi connectivity index (χ1) is 7.49. The first-order valence-corrected chi connectivity index (χ1v) is 5.42. The van der Waals surface area contributed by atoms with Crippen molar-refractivity contribution in [3.8, 4) is 0 Å². The lowest BCUT2D eigenvalue weighted by molar-refractivity contribution is 0.246. The van der Waals surface area contributed by atoms with E-state index in [9.17, 15) is 4.79 Å². The van der Waals surface area contributed by atoms with Crippen LogP contribution in [-0.4, -0.2) is 12.1 Å². The number of carbonyl (C=O) groups is 1. The highest BCUT2D eigenvalue weighted by molar-refractivity contribution is 5.89. The molecule has 88 valence electrons. The molecular formula is C12H19N3O. The van der Waals surface area contributed by atoms with E-state index in [2.05, 4.69) is 24.5 Å². The first kappa shape index (κ1) is 12.4. The number of amides is 2. The summed E-state index contributed by atoms with van der Waals surface area (Å²) in [7, 11) is 0. The second-order valence-corrected chi connectivity index (χ2v) is 4.26. The third-order valence-corrected chi connectivity index (χ3v) is 2.50. The summed E-state index contributed by atoms with van der Waals surface area (Å²) in [6, 6.07) is 7.04. The van der Waals surface area contributed by atoms with Crippen molar-refractivity contribution in [3.63, 3.8) is 0 Å². The molecule has 0 fully saturated rings. The van der Waals surface area contributed by atoms with Gasteiger partial charge in [0.2, 0.25) is 0 Å². The van der Waals surface area contributed by atoms with E-state index in [4.69, 9.17) is 5.73 Å². The quantitative estimate of drug-likeness (QED) is 0.686. The molecule has 4 nitrogen and oxygen atoms in total. The van der Waals surface area contributed by atoms with Gasteiger partial charge in [0.05, 0.1) is 0 Å². The molecule has 0 aliphatic carbocycles. The van der Waals surface area contributed by atoms with Crippen molar-refractivity contribution in [2.75, 3.05) is 11.1 Å². The van der Waals surface area contributed by atoms with Crippen LogP contribution in [0.5, 0.6) is 0 Å². The van der Waals surface area contributed by atoms with Gasteiger partial charge in [0.15, 0.2) is 0 Å². The molecule has 0 radical (unpaired) electrons. The third kappa shape index (κ3) is 3.81. The largest absolute Gasteiger partial charge is 0.399 e. The highest BCUT2D eigenvalue weighted by Gasteiger charge is 2.10. The van der Waals surface area contributed by atoms with Crippen LogP contribution in [0, 0.1) is 5.92 Å². The summed E-state index contributed by atoms with van der Waals surface area (Å²) in [5.74, 6) is 0.409. The third-order valence-electron chi connectivity index (χ3n) is 2.50. The molecule has 4 N–H and O–H groups in total. The monoisotopic (exact) mass is 221 g/mol. The zero-order valence-corrected chi connectivity index (χ0v) is 9.95. The van der Waals surface area contributed by atoms with E-state index in [1.54, 1.807) is 24.3 Å². The molecule has 1 rings (SSSR count). The van der Waals surface area contributed by atoms with E-state index >= 15 is 0 Å². The van der Waals surface area contributed by atoms with Crippen LogP contribution in [0.1, 0.15) is 20.8 Å². The van der Waals surface area contributed by atoms with E-state index in [0.29, 0.717) is 17.3 Å². The van der Waals surface area contributed by atoms with Gasteiger partial charge in [0, 0.05) is 17.4 Å². The molecule has 1 aromatic rings. The fourth-order valence-electron chi connectivity index (χ4n) is 1.16. The van der Waals surface area contributed by atoms with Crippen LogP contribution < -0.4 is 16.4 Å². The normalized spacial score (nSPS) is 12.2. The minimum Gasteiger partial charge on any atom is -0.399 e. The van der Waals surface area contributed by atoms with Crippen LogP contribution in [0.15, 0.2) is 24.3 Å². The van der Waals surface area contributed by atoms with Gasteiger partial charge < -0.3 is 16.4 Å². The van der Waals surface area contributed by atoms with Crippen LogP contribution in [0.3, 0.4) is 0 Å². The number of carbonyl (C=O) groups excluding carboxylic acids is 1. The van der Waals surface area contributed by atoms with Gasteiger partial charge in [-0.25, -0.2) is 4.79 Å². The zero-order valence-electron chi connectivity index (χ0n) is 9.95. The smallest absolute Gasteiger partial charge is 0.319 e. The summed E-state index contributed by atoms with van der Waals surface area (Å²) < 4.78 is 0. The number of benzene rings is 1. The number of nitrogens with one attached hydrogen (secondary N) is 2. The number of nitrogen functional groups attached to an aromatic ring is 1. The molecule has 0 spiro atoms. The van der Waals surface area contributed by atoms with Gasteiger partial charge in [-0.2, -0.15) is 0 Å². The molecule has 1 unspecified atom stereocenters. The van der Waals surface area contributed by atoms with Crippen molar-refractivity contribution in [3.05, 3.63) is 24.3 Å². The lowest BCUT2D eigenvalue weighted by atomic mass is 10.1. The number of rotatable bonds is 3. The van der Waals surface area contributed by atoms with E-state index < -0.39 is 0 Å². The molecular weight excluding hydrogens is 202 g/mol. The Morgan fingerprint density at radius 3 is 2.56 bits per heavy atom. The molecule has 0 aliphatic rings. The average Bonchev–Trinajstić information content (AvgIpc) is 2.16. The molecule has 16 heavy (non-hydrogen) atoms. The predicted octanol–water partition coefficient (Wildman–Crippen LogP) is 2.43. The second kappa shape index (κ2) is 5.39. The summed E-state index contributed by atoms with van der Waals surface area (Å²) in [6.45, 7) is 6.10. The number of anilines is 2. The van der Waals surface area contributed by atoms with Crippen LogP contribution >= 0.6 is 0 Å². The van der Waals surface area contributed by atoms with Crippen molar-refractivity contribution < 1.29 is 4.79 Å². The van der Waals surface area contributed by atoms with Crippen molar-refractivity contribution >= 4 is 17.4 Å². The SMILES string of the molecule is CC(C)C(C)NC(=O)Nc1cccc(N)c1. The molecule has 0 saturated carbocycles. The Morgan fingerprint density at radius 2 is 2.00 bits per heavy atom. The molecule has 4 heteroatoms. The Morgan fingerprint density at radius 1 is 1.31 bits per heavy atom. The highest BCUT2D eigenvalue weighted by atomic mass is 16.2. The summed E-state index contributed by atoms with van der Waals surface area (Å²) in [4.78, 5) is 11.6. The van der Waals surface area contributed by atoms with Gasteiger partial charge in [-0.1, -0.05) is 19.9 Å². The topological polar surface area (TPSA) is 67.2 Å². The van der Waals surface area contributed by atoms with Crippen molar-refractivity contribution in [2.45, 2.75) is 26.8 Å². The maximum absolute atomic E-state index is 11.6. The molecule has 1 atom stereocenters. The summed E-state index contributed by atoms with van der Waals surface area (Å²) >= 11 is 0. The number of urea groups is 1. The van der Waals surface area contributed by atoms with Gasteiger partial charge in [0.25, 0.3) is 0 Å². The van der Waals surface area contributed by atoms with Crippen LogP contribution in [-0.2, 0) is 0 Å². The Labute approximate surface area is 96.2 Å². The molecule has 2 amide bonds.